The Morgan fingerprint density at radius 3 is 2.94 bits per heavy atom. The summed E-state index contributed by atoms with van der Waals surface area (Å²) in [4.78, 5) is 18.4. The minimum Gasteiger partial charge on any atom is -0.383 e. The maximum Gasteiger partial charge on any atom is 0.257 e. The SMILES string of the molecule is CCCN(CC1CC1)C(=O)c1cc(Br)cnc1N. The van der Waals surface area contributed by atoms with E-state index in [2.05, 4.69) is 27.8 Å². The molecule has 1 fully saturated rings. The van der Waals surface area contributed by atoms with Gasteiger partial charge in [0.1, 0.15) is 5.82 Å². The molecule has 0 atom stereocenters. The molecule has 0 unspecified atom stereocenters. The zero-order valence-corrected chi connectivity index (χ0v) is 12.1. The summed E-state index contributed by atoms with van der Waals surface area (Å²) in [6, 6.07) is 1.75. The van der Waals surface area contributed by atoms with Crippen LogP contribution in [0.5, 0.6) is 0 Å². The van der Waals surface area contributed by atoms with Gasteiger partial charge in [-0.15, -0.1) is 0 Å². The molecule has 0 spiro atoms. The van der Waals surface area contributed by atoms with E-state index in [-0.39, 0.29) is 5.91 Å². The van der Waals surface area contributed by atoms with Crippen molar-refractivity contribution in [1.29, 1.82) is 0 Å². The van der Waals surface area contributed by atoms with Gasteiger partial charge in [-0.1, -0.05) is 6.92 Å². The number of halogens is 1. The Morgan fingerprint density at radius 2 is 2.33 bits per heavy atom. The highest BCUT2D eigenvalue weighted by Crippen LogP contribution is 2.30. The molecule has 2 rings (SSSR count). The highest BCUT2D eigenvalue weighted by Gasteiger charge is 2.27. The quantitative estimate of drug-likeness (QED) is 0.909. The van der Waals surface area contributed by atoms with Crippen LogP contribution in [0.2, 0.25) is 0 Å². The Hall–Kier alpha value is -1.10. The molecule has 18 heavy (non-hydrogen) atoms. The number of nitrogens with zero attached hydrogens (tertiary/aromatic N) is 2. The Balaban J connectivity index is 2.17. The number of rotatable bonds is 5. The fraction of sp³-hybridized carbons (Fsp3) is 0.538. The summed E-state index contributed by atoms with van der Waals surface area (Å²) in [5.74, 6) is 0.983. The molecular formula is C13H18BrN3O. The highest BCUT2D eigenvalue weighted by atomic mass is 79.9. The third-order valence-electron chi connectivity index (χ3n) is 3.07. The van der Waals surface area contributed by atoms with Crippen molar-refractivity contribution in [3.63, 3.8) is 0 Å². The molecule has 1 aromatic heterocycles. The van der Waals surface area contributed by atoms with Gasteiger partial charge in [-0.3, -0.25) is 4.79 Å². The van der Waals surface area contributed by atoms with Gasteiger partial charge in [-0.25, -0.2) is 4.98 Å². The minimum absolute atomic E-state index is 0.00458. The van der Waals surface area contributed by atoms with Crippen LogP contribution >= 0.6 is 15.9 Å². The predicted molar refractivity (Wildman–Crippen MR) is 75.3 cm³/mol. The van der Waals surface area contributed by atoms with Crippen molar-refractivity contribution < 1.29 is 4.79 Å². The molecular weight excluding hydrogens is 294 g/mol. The number of carbonyl (C=O) groups is 1. The summed E-state index contributed by atoms with van der Waals surface area (Å²) in [7, 11) is 0. The summed E-state index contributed by atoms with van der Waals surface area (Å²) in [6.07, 6.45) is 5.04. The largest absolute Gasteiger partial charge is 0.383 e. The van der Waals surface area contributed by atoms with Crippen LogP contribution in [-0.2, 0) is 0 Å². The number of anilines is 1. The third kappa shape index (κ3) is 3.22. The summed E-state index contributed by atoms with van der Waals surface area (Å²) < 4.78 is 0.780. The standard InChI is InChI=1S/C13H18BrN3O/c1-2-5-17(8-9-3-4-9)13(18)11-6-10(14)7-16-12(11)15/h6-7,9H,2-5,8H2,1H3,(H2,15,16). The van der Waals surface area contributed by atoms with Gasteiger partial charge >= 0.3 is 0 Å². The summed E-state index contributed by atoms with van der Waals surface area (Å²) in [5, 5.41) is 0. The lowest BCUT2D eigenvalue weighted by Crippen LogP contribution is -2.34. The van der Waals surface area contributed by atoms with Crippen molar-refractivity contribution in [2.24, 2.45) is 5.92 Å². The number of amides is 1. The van der Waals surface area contributed by atoms with Crippen molar-refractivity contribution in [2.45, 2.75) is 26.2 Å². The zero-order valence-electron chi connectivity index (χ0n) is 10.5. The lowest BCUT2D eigenvalue weighted by atomic mass is 10.2. The highest BCUT2D eigenvalue weighted by molar-refractivity contribution is 9.10. The Kier molecular flexibility index (Phi) is 4.22. The van der Waals surface area contributed by atoms with Crippen LogP contribution in [0.15, 0.2) is 16.7 Å². The lowest BCUT2D eigenvalue weighted by molar-refractivity contribution is 0.0748. The third-order valence-corrected chi connectivity index (χ3v) is 3.51. The van der Waals surface area contributed by atoms with Gasteiger partial charge in [0, 0.05) is 23.8 Å². The van der Waals surface area contributed by atoms with E-state index in [1.807, 2.05) is 4.90 Å². The van der Waals surface area contributed by atoms with Crippen molar-refractivity contribution in [3.8, 4) is 0 Å². The molecule has 0 radical (unpaired) electrons. The van der Waals surface area contributed by atoms with E-state index in [0.29, 0.717) is 17.3 Å². The average Bonchev–Trinajstić information content (AvgIpc) is 3.15. The van der Waals surface area contributed by atoms with E-state index >= 15 is 0 Å². The van der Waals surface area contributed by atoms with E-state index in [1.54, 1.807) is 12.3 Å². The molecule has 1 amide bonds. The summed E-state index contributed by atoms with van der Waals surface area (Å²) >= 11 is 3.33. The number of hydrogen-bond acceptors (Lipinski definition) is 3. The number of hydrogen-bond donors (Lipinski definition) is 1. The first-order valence-corrected chi connectivity index (χ1v) is 7.11. The van der Waals surface area contributed by atoms with Crippen LogP contribution in [-0.4, -0.2) is 28.9 Å². The molecule has 2 N–H and O–H groups in total. The maximum atomic E-state index is 12.5. The molecule has 1 aromatic rings. The molecule has 0 bridgehead atoms. The average molecular weight is 312 g/mol. The number of nitrogens with two attached hydrogens (primary N) is 1. The van der Waals surface area contributed by atoms with Gasteiger partial charge in [0.15, 0.2) is 0 Å². The molecule has 4 nitrogen and oxygen atoms in total. The first-order valence-electron chi connectivity index (χ1n) is 6.32. The molecule has 1 aliphatic rings. The fourth-order valence-electron chi connectivity index (χ4n) is 1.95. The predicted octanol–water partition coefficient (Wildman–Crippen LogP) is 2.69. The van der Waals surface area contributed by atoms with Gasteiger partial charge < -0.3 is 10.6 Å². The van der Waals surface area contributed by atoms with Gasteiger partial charge in [-0.05, 0) is 47.2 Å². The molecule has 98 valence electrons. The molecule has 5 heteroatoms. The van der Waals surface area contributed by atoms with Crippen LogP contribution in [0.3, 0.4) is 0 Å². The van der Waals surface area contributed by atoms with E-state index in [9.17, 15) is 4.79 Å². The van der Waals surface area contributed by atoms with E-state index in [4.69, 9.17) is 5.73 Å². The van der Waals surface area contributed by atoms with Crippen LogP contribution in [0.25, 0.3) is 0 Å². The van der Waals surface area contributed by atoms with E-state index < -0.39 is 0 Å². The van der Waals surface area contributed by atoms with Crippen LogP contribution in [0, 0.1) is 5.92 Å². The van der Waals surface area contributed by atoms with Gasteiger partial charge in [0.25, 0.3) is 5.91 Å². The zero-order chi connectivity index (χ0) is 13.1. The molecule has 0 aromatic carbocycles. The Morgan fingerprint density at radius 1 is 1.61 bits per heavy atom. The molecule has 1 heterocycles. The van der Waals surface area contributed by atoms with Crippen molar-refractivity contribution in [2.75, 3.05) is 18.8 Å². The lowest BCUT2D eigenvalue weighted by Gasteiger charge is -2.22. The van der Waals surface area contributed by atoms with Crippen LogP contribution < -0.4 is 5.73 Å². The van der Waals surface area contributed by atoms with Gasteiger partial charge in [-0.2, -0.15) is 0 Å². The fourth-order valence-corrected chi connectivity index (χ4v) is 2.28. The number of nitrogen functional groups attached to an aromatic ring is 1. The smallest absolute Gasteiger partial charge is 0.257 e. The Bertz CT molecular complexity index is 446. The van der Waals surface area contributed by atoms with Crippen molar-refractivity contribution in [1.82, 2.24) is 9.88 Å². The summed E-state index contributed by atoms with van der Waals surface area (Å²) in [6.45, 7) is 3.70. The van der Waals surface area contributed by atoms with Gasteiger partial charge in [0.2, 0.25) is 0 Å². The second-order valence-electron chi connectivity index (χ2n) is 4.78. The first-order chi connectivity index (χ1) is 8.61. The summed E-state index contributed by atoms with van der Waals surface area (Å²) in [5.41, 5.74) is 6.29. The van der Waals surface area contributed by atoms with Crippen LogP contribution in [0.1, 0.15) is 36.5 Å². The molecule has 0 saturated heterocycles. The number of pyridine rings is 1. The maximum absolute atomic E-state index is 12.5. The second kappa shape index (κ2) is 5.69. The first kappa shape index (κ1) is 13.3. The number of aromatic nitrogens is 1. The Labute approximate surface area is 116 Å². The molecule has 0 aliphatic heterocycles. The van der Waals surface area contributed by atoms with Crippen molar-refractivity contribution in [3.05, 3.63) is 22.3 Å². The van der Waals surface area contributed by atoms with Crippen molar-refractivity contribution >= 4 is 27.7 Å². The van der Waals surface area contributed by atoms with Crippen LogP contribution in [0.4, 0.5) is 5.82 Å². The molecule has 1 aliphatic carbocycles. The van der Waals surface area contributed by atoms with E-state index in [1.165, 1.54) is 12.8 Å². The van der Waals surface area contributed by atoms with E-state index in [0.717, 1.165) is 24.0 Å². The topological polar surface area (TPSA) is 59.2 Å². The number of carbonyl (C=O) groups excluding carboxylic acids is 1. The monoisotopic (exact) mass is 311 g/mol. The molecule has 1 saturated carbocycles. The van der Waals surface area contributed by atoms with Gasteiger partial charge in [0.05, 0.1) is 5.56 Å². The minimum atomic E-state index is -0.00458. The second-order valence-corrected chi connectivity index (χ2v) is 5.70. The normalized spacial score (nSPS) is 14.6.